The molecule has 0 bridgehead atoms. The molecule has 0 saturated carbocycles. The lowest BCUT2D eigenvalue weighted by Gasteiger charge is -2.07. The Morgan fingerprint density at radius 2 is 1.84 bits per heavy atom. The van der Waals surface area contributed by atoms with Gasteiger partial charge in [0.25, 0.3) is 5.69 Å². The lowest BCUT2D eigenvalue weighted by atomic mass is 10.2. The van der Waals surface area contributed by atoms with Gasteiger partial charge in [-0.3, -0.25) is 19.7 Å². The van der Waals surface area contributed by atoms with Crippen LogP contribution in [0.3, 0.4) is 0 Å². The van der Waals surface area contributed by atoms with Crippen LogP contribution in [-0.4, -0.2) is 23.0 Å². The summed E-state index contributed by atoms with van der Waals surface area (Å²) in [5.41, 5.74) is 3.89. The average molecular weight is 405 g/mol. The van der Waals surface area contributed by atoms with Crippen LogP contribution in [0.15, 0.2) is 52.0 Å². The molecule has 0 aliphatic heterocycles. The molecule has 2 N–H and O–H groups in total. The number of halogens is 1. The number of hydrazone groups is 1. The first kappa shape index (κ1) is 18.3. The van der Waals surface area contributed by atoms with Crippen LogP contribution in [0.4, 0.5) is 11.4 Å². The average Bonchev–Trinajstić information content (AvgIpc) is 2.57. The van der Waals surface area contributed by atoms with Crippen molar-refractivity contribution in [3.05, 3.63) is 68.2 Å². The molecule has 0 fully saturated rings. The van der Waals surface area contributed by atoms with Gasteiger partial charge < -0.3 is 5.32 Å². The maximum atomic E-state index is 11.8. The first-order valence-electron chi connectivity index (χ1n) is 7.02. The highest BCUT2D eigenvalue weighted by molar-refractivity contribution is 9.10. The van der Waals surface area contributed by atoms with Crippen molar-refractivity contribution in [1.82, 2.24) is 5.43 Å². The third-order valence-corrected chi connectivity index (χ3v) is 3.62. The van der Waals surface area contributed by atoms with Crippen LogP contribution in [0.2, 0.25) is 0 Å². The van der Waals surface area contributed by atoms with Gasteiger partial charge in [0.05, 0.1) is 11.1 Å². The molecule has 0 aromatic heterocycles. The van der Waals surface area contributed by atoms with Crippen LogP contribution in [0.25, 0.3) is 0 Å². The maximum absolute atomic E-state index is 11.8. The Kier molecular flexibility index (Phi) is 5.96. The Hall–Kier alpha value is -3.07. The van der Waals surface area contributed by atoms with Gasteiger partial charge in [0, 0.05) is 22.3 Å². The number of hydrogen-bond acceptors (Lipinski definition) is 5. The van der Waals surface area contributed by atoms with Gasteiger partial charge in [0.15, 0.2) is 0 Å². The number of anilines is 1. The van der Waals surface area contributed by atoms with Crippen LogP contribution in [0, 0.1) is 17.0 Å². The number of carbonyl (C=O) groups is 2. The van der Waals surface area contributed by atoms with Crippen molar-refractivity contribution >= 4 is 45.3 Å². The number of hydrogen-bond donors (Lipinski definition) is 2. The fourth-order valence-corrected chi connectivity index (χ4v) is 2.32. The topological polar surface area (TPSA) is 114 Å². The molecule has 2 amide bonds. The second kappa shape index (κ2) is 8.15. The van der Waals surface area contributed by atoms with Crippen LogP contribution in [0.5, 0.6) is 0 Å². The van der Waals surface area contributed by atoms with E-state index in [-0.39, 0.29) is 5.69 Å². The van der Waals surface area contributed by atoms with Gasteiger partial charge in [0.2, 0.25) is 0 Å². The Morgan fingerprint density at radius 3 is 2.44 bits per heavy atom. The molecule has 128 valence electrons. The van der Waals surface area contributed by atoms with Crippen molar-refractivity contribution in [2.45, 2.75) is 6.92 Å². The fraction of sp³-hybridized carbons (Fsp3) is 0.0625. The van der Waals surface area contributed by atoms with E-state index in [0.29, 0.717) is 11.3 Å². The molecular weight excluding hydrogens is 392 g/mol. The summed E-state index contributed by atoms with van der Waals surface area (Å²) in [4.78, 5) is 33.6. The van der Waals surface area contributed by atoms with E-state index < -0.39 is 16.7 Å². The minimum Gasteiger partial charge on any atom is -0.317 e. The smallest absolute Gasteiger partial charge is 0.317 e. The van der Waals surface area contributed by atoms with Crippen molar-refractivity contribution in [1.29, 1.82) is 0 Å². The predicted molar refractivity (Wildman–Crippen MR) is 96.3 cm³/mol. The third kappa shape index (κ3) is 5.21. The van der Waals surface area contributed by atoms with Gasteiger partial charge in [0.1, 0.15) is 0 Å². The molecule has 9 heteroatoms. The molecule has 0 atom stereocenters. The molecule has 2 aromatic carbocycles. The lowest BCUT2D eigenvalue weighted by molar-refractivity contribution is -0.384. The Labute approximate surface area is 151 Å². The lowest BCUT2D eigenvalue weighted by Crippen LogP contribution is -2.32. The zero-order chi connectivity index (χ0) is 18.4. The van der Waals surface area contributed by atoms with Gasteiger partial charge in [-0.15, -0.1) is 0 Å². The predicted octanol–water partition coefficient (Wildman–Crippen LogP) is 2.75. The molecule has 2 aromatic rings. The van der Waals surface area contributed by atoms with Crippen molar-refractivity contribution in [2.75, 3.05) is 5.32 Å². The number of nitrogens with zero attached hydrogens (tertiary/aromatic N) is 2. The highest BCUT2D eigenvalue weighted by atomic mass is 79.9. The molecule has 0 aliphatic carbocycles. The second-order valence-electron chi connectivity index (χ2n) is 4.96. The van der Waals surface area contributed by atoms with Gasteiger partial charge >= 0.3 is 11.8 Å². The second-order valence-corrected chi connectivity index (χ2v) is 5.88. The molecule has 0 aliphatic rings. The quantitative estimate of drug-likeness (QED) is 0.352. The van der Waals surface area contributed by atoms with Crippen molar-refractivity contribution in [3.8, 4) is 0 Å². The summed E-state index contributed by atoms with van der Waals surface area (Å²) in [5, 5.41) is 16.7. The summed E-state index contributed by atoms with van der Waals surface area (Å²) in [5.74, 6) is -1.79. The minimum atomic E-state index is -0.930. The Balaban J connectivity index is 1.92. The van der Waals surface area contributed by atoms with E-state index in [4.69, 9.17) is 0 Å². The number of nitro groups is 1. The number of aryl methyl sites for hydroxylation is 1. The van der Waals surface area contributed by atoms with Crippen LogP contribution < -0.4 is 10.7 Å². The van der Waals surface area contributed by atoms with Crippen molar-refractivity contribution in [2.24, 2.45) is 5.10 Å². The molecular formula is C16H13BrN4O4. The molecule has 8 nitrogen and oxygen atoms in total. The normalized spacial score (nSPS) is 10.5. The molecule has 0 heterocycles. The fourth-order valence-electron chi connectivity index (χ4n) is 1.84. The van der Waals surface area contributed by atoms with Gasteiger partial charge in [-0.05, 0) is 48.4 Å². The Bertz CT molecular complexity index is 850. The van der Waals surface area contributed by atoms with Gasteiger partial charge in [-0.2, -0.15) is 5.10 Å². The molecule has 0 spiro atoms. The van der Waals surface area contributed by atoms with Gasteiger partial charge in [-0.25, -0.2) is 5.43 Å². The standard InChI is InChI=1S/C16H13BrN4O4/c1-10-8-12(17)4-7-14(10)19-15(22)16(23)20-18-9-11-2-5-13(6-3-11)21(24)25/h2-9H,1H3,(H,19,22)(H,20,23). The summed E-state index contributed by atoms with van der Waals surface area (Å²) < 4.78 is 0.861. The molecule has 0 radical (unpaired) electrons. The number of nitrogens with one attached hydrogen (secondary N) is 2. The summed E-state index contributed by atoms with van der Waals surface area (Å²) in [6.45, 7) is 1.80. The molecule has 0 unspecified atom stereocenters. The number of carbonyl (C=O) groups excluding carboxylic acids is 2. The summed E-state index contributed by atoms with van der Waals surface area (Å²) in [7, 11) is 0. The SMILES string of the molecule is Cc1cc(Br)ccc1NC(=O)C(=O)NN=Cc1ccc([N+](=O)[O-])cc1. The largest absolute Gasteiger partial charge is 0.329 e. The third-order valence-electron chi connectivity index (χ3n) is 3.13. The number of amides is 2. The zero-order valence-corrected chi connectivity index (χ0v) is 14.6. The van der Waals surface area contributed by atoms with E-state index in [0.717, 1.165) is 10.0 Å². The highest BCUT2D eigenvalue weighted by Gasteiger charge is 2.14. The van der Waals surface area contributed by atoms with Crippen LogP contribution in [-0.2, 0) is 9.59 Å². The summed E-state index contributed by atoms with van der Waals surface area (Å²) >= 11 is 3.31. The number of rotatable bonds is 4. The zero-order valence-electron chi connectivity index (χ0n) is 13.0. The molecule has 0 saturated heterocycles. The van der Waals surface area contributed by atoms with E-state index >= 15 is 0 Å². The van der Waals surface area contributed by atoms with Gasteiger partial charge in [-0.1, -0.05) is 15.9 Å². The molecule has 2 rings (SSSR count). The number of nitro benzene ring substituents is 1. The first-order chi connectivity index (χ1) is 11.9. The van der Waals surface area contributed by atoms with Crippen LogP contribution in [0.1, 0.15) is 11.1 Å². The van der Waals surface area contributed by atoms with E-state index in [1.807, 2.05) is 0 Å². The first-order valence-corrected chi connectivity index (χ1v) is 7.81. The Morgan fingerprint density at radius 1 is 1.16 bits per heavy atom. The number of non-ortho nitro benzene ring substituents is 1. The van der Waals surface area contributed by atoms with Crippen molar-refractivity contribution < 1.29 is 14.5 Å². The number of benzene rings is 2. The minimum absolute atomic E-state index is 0.0505. The van der Waals surface area contributed by atoms with E-state index in [2.05, 4.69) is 31.8 Å². The molecule has 25 heavy (non-hydrogen) atoms. The summed E-state index contributed by atoms with van der Waals surface area (Å²) in [6.07, 6.45) is 1.28. The van der Waals surface area contributed by atoms with E-state index in [1.165, 1.54) is 30.5 Å². The summed E-state index contributed by atoms with van der Waals surface area (Å²) in [6, 6.07) is 10.8. The monoisotopic (exact) mass is 404 g/mol. The van der Waals surface area contributed by atoms with Crippen molar-refractivity contribution in [3.63, 3.8) is 0 Å². The maximum Gasteiger partial charge on any atom is 0.329 e. The highest BCUT2D eigenvalue weighted by Crippen LogP contribution is 2.19. The van der Waals surface area contributed by atoms with Crippen LogP contribution >= 0.6 is 15.9 Å². The van der Waals surface area contributed by atoms with E-state index in [1.54, 1.807) is 25.1 Å². The van der Waals surface area contributed by atoms with E-state index in [9.17, 15) is 19.7 Å².